The quantitative estimate of drug-likeness (QED) is 0.818. The summed E-state index contributed by atoms with van der Waals surface area (Å²) in [6, 6.07) is 10.2. The van der Waals surface area contributed by atoms with Crippen LogP contribution in [0.2, 0.25) is 0 Å². The molecule has 1 aliphatic heterocycles. The Kier molecular flexibility index (Phi) is 5.29. The van der Waals surface area contributed by atoms with Crippen LogP contribution in [0.4, 0.5) is 0 Å². The van der Waals surface area contributed by atoms with Crippen LogP contribution in [0, 0.1) is 0 Å². The lowest BCUT2D eigenvalue weighted by Crippen LogP contribution is -2.21. The zero-order chi connectivity index (χ0) is 14.3. The van der Waals surface area contributed by atoms with Gasteiger partial charge in [0.05, 0.1) is 18.3 Å². The Bertz CT molecular complexity index is 538. The molecule has 0 bridgehead atoms. The van der Waals surface area contributed by atoms with Gasteiger partial charge in [0.2, 0.25) is 11.8 Å². The molecule has 0 radical (unpaired) electrons. The molecule has 1 aromatic carbocycles. The van der Waals surface area contributed by atoms with Gasteiger partial charge in [-0.2, -0.15) is 0 Å². The van der Waals surface area contributed by atoms with E-state index in [1.54, 1.807) is 0 Å². The predicted molar refractivity (Wildman–Crippen MR) is 83.3 cm³/mol. The van der Waals surface area contributed by atoms with E-state index in [1.165, 1.54) is 24.8 Å². The Balaban J connectivity index is 1.44. The van der Waals surface area contributed by atoms with Gasteiger partial charge in [0.1, 0.15) is 0 Å². The molecule has 1 aliphatic rings. The zero-order valence-electron chi connectivity index (χ0n) is 12.0. The number of aromatic nitrogens is 2. The summed E-state index contributed by atoms with van der Waals surface area (Å²) in [6.45, 7) is 0.910. The molecule has 4 nitrogen and oxygen atoms in total. The molecule has 0 amide bonds. The lowest BCUT2D eigenvalue weighted by Gasteiger charge is -2.21. The molecule has 3 rings (SSSR count). The van der Waals surface area contributed by atoms with Crippen LogP contribution >= 0.6 is 11.8 Å². The zero-order valence-corrected chi connectivity index (χ0v) is 12.8. The molecule has 1 atom stereocenters. The van der Waals surface area contributed by atoms with Gasteiger partial charge in [-0.1, -0.05) is 30.3 Å². The first-order chi connectivity index (χ1) is 10.4. The summed E-state index contributed by atoms with van der Waals surface area (Å²) in [5.41, 5.74) is 1.19. The highest BCUT2D eigenvalue weighted by molar-refractivity contribution is 7.98. The minimum atomic E-state index is 0.399. The van der Waals surface area contributed by atoms with Crippen LogP contribution in [0.1, 0.15) is 36.6 Å². The number of thioether (sulfide) groups is 1. The maximum absolute atomic E-state index is 5.71. The summed E-state index contributed by atoms with van der Waals surface area (Å²) < 4.78 is 11.4. The number of rotatable bonds is 6. The summed E-state index contributed by atoms with van der Waals surface area (Å²) in [4.78, 5) is 0. The first kappa shape index (κ1) is 14.6. The summed E-state index contributed by atoms with van der Waals surface area (Å²) >= 11 is 1.81. The minimum absolute atomic E-state index is 0.399. The van der Waals surface area contributed by atoms with Crippen LogP contribution in [0.15, 0.2) is 34.7 Å². The van der Waals surface area contributed by atoms with Gasteiger partial charge >= 0.3 is 0 Å². The van der Waals surface area contributed by atoms with E-state index in [2.05, 4.69) is 22.3 Å². The van der Waals surface area contributed by atoms with Crippen molar-refractivity contribution in [1.82, 2.24) is 10.2 Å². The van der Waals surface area contributed by atoms with Crippen LogP contribution in [0.3, 0.4) is 0 Å². The largest absolute Gasteiger partial charge is 0.424 e. The maximum Gasteiger partial charge on any atom is 0.226 e. The number of ether oxygens (including phenoxy) is 1. The molecule has 1 aromatic heterocycles. The van der Waals surface area contributed by atoms with Crippen molar-refractivity contribution in [3.63, 3.8) is 0 Å². The van der Waals surface area contributed by atoms with Gasteiger partial charge in [0.25, 0.3) is 0 Å². The minimum Gasteiger partial charge on any atom is -0.424 e. The second-order valence-electron chi connectivity index (χ2n) is 5.26. The van der Waals surface area contributed by atoms with Crippen LogP contribution in [0.5, 0.6) is 0 Å². The Labute approximate surface area is 129 Å². The van der Waals surface area contributed by atoms with Crippen molar-refractivity contribution in [2.75, 3.05) is 12.4 Å². The fraction of sp³-hybridized carbons (Fsp3) is 0.500. The lowest BCUT2D eigenvalue weighted by atomic mass is 10.1. The van der Waals surface area contributed by atoms with Crippen LogP contribution in [0.25, 0.3) is 0 Å². The molecule has 2 heterocycles. The van der Waals surface area contributed by atoms with Crippen molar-refractivity contribution in [2.24, 2.45) is 0 Å². The molecule has 1 fully saturated rings. The average molecular weight is 304 g/mol. The van der Waals surface area contributed by atoms with E-state index in [4.69, 9.17) is 9.15 Å². The van der Waals surface area contributed by atoms with Crippen LogP contribution in [-0.2, 0) is 16.9 Å². The molecule has 2 aromatic rings. The van der Waals surface area contributed by atoms with Crippen LogP contribution < -0.4 is 0 Å². The maximum atomic E-state index is 5.71. The van der Waals surface area contributed by atoms with Crippen molar-refractivity contribution in [3.8, 4) is 0 Å². The van der Waals surface area contributed by atoms with Gasteiger partial charge in [-0.15, -0.1) is 22.0 Å². The predicted octanol–water partition coefficient (Wildman–Crippen LogP) is 3.46. The molecular weight excluding hydrogens is 284 g/mol. The molecule has 0 spiro atoms. The number of hydrogen-bond acceptors (Lipinski definition) is 5. The first-order valence-corrected chi connectivity index (χ1v) is 8.60. The van der Waals surface area contributed by atoms with E-state index in [1.807, 2.05) is 30.0 Å². The summed E-state index contributed by atoms with van der Waals surface area (Å²) in [5.74, 6) is 3.17. The van der Waals surface area contributed by atoms with Gasteiger partial charge in [-0.05, 0) is 24.8 Å². The van der Waals surface area contributed by atoms with E-state index in [0.29, 0.717) is 24.3 Å². The van der Waals surface area contributed by atoms with Gasteiger partial charge in [0, 0.05) is 12.4 Å². The average Bonchev–Trinajstić information content (AvgIpc) is 2.97. The standard InChI is InChI=1S/C16H20N2O2S/c1-2-6-13(7-3-1)10-15-17-18-16(20-15)12-21-11-14-8-4-5-9-19-14/h1-3,6-7,14H,4-5,8-12H2. The molecule has 0 saturated carbocycles. The molecule has 1 saturated heterocycles. The van der Waals surface area contributed by atoms with Crippen molar-refractivity contribution in [3.05, 3.63) is 47.7 Å². The van der Waals surface area contributed by atoms with Crippen LogP contribution in [-0.4, -0.2) is 28.7 Å². The third-order valence-electron chi connectivity index (χ3n) is 3.51. The van der Waals surface area contributed by atoms with Gasteiger partial charge in [-0.25, -0.2) is 0 Å². The first-order valence-electron chi connectivity index (χ1n) is 7.45. The van der Waals surface area contributed by atoms with E-state index in [-0.39, 0.29) is 0 Å². The van der Waals surface area contributed by atoms with E-state index in [9.17, 15) is 0 Å². The molecule has 0 N–H and O–H groups in total. The highest BCUT2D eigenvalue weighted by Crippen LogP contribution is 2.20. The van der Waals surface area contributed by atoms with Crippen molar-refractivity contribution < 1.29 is 9.15 Å². The third kappa shape index (κ3) is 4.58. The third-order valence-corrected chi connectivity index (χ3v) is 4.57. The lowest BCUT2D eigenvalue weighted by molar-refractivity contribution is 0.0315. The number of benzene rings is 1. The SMILES string of the molecule is c1ccc(Cc2nnc(CSCC3CCCCO3)o2)cc1. The van der Waals surface area contributed by atoms with Crippen molar-refractivity contribution >= 4 is 11.8 Å². The Morgan fingerprint density at radius 3 is 2.76 bits per heavy atom. The van der Waals surface area contributed by atoms with E-state index < -0.39 is 0 Å². The molecule has 0 aliphatic carbocycles. The Hall–Kier alpha value is -1.33. The smallest absolute Gasteiger partial charge is 0.226 e. The Morgan fingerprint density at radius 1 is 1.10 bits per heavy atom. The van der Waals surface area contributed by atoms with Gasteiger partial charge in [0.15, 0.2) is 0 Å². The highest BCUT2D eigenvalue weighted by Gasteiger charge is 2.14. The fourth-order valence-electron chi connectivity index (χ4n) is 2.41. The summed E-state index contributed by atoms with van der Waals surface area (Å²) in [6.07, 6.45) is 4.76. The molecule has 112 valence electrons. The molecule has 5 heteroatoms. The van der Waals surface area contributed by atoms with E-state index >= 15 is 0 Å². The Morgan fingerprint density at radius 2 is 1.95 bits per heavy atom. The number of hydrogen-bond donors (Lipinski definition) is 0. The monoisotopic (exact) mass is 304 g/mol. The van der Waals surface area contributed by atoms with Crippen molar-refractivity contribution in [2.45, 2.75) is 37.5 Å². The molecule has 1 unspecified atom stereocenters. The number of nitrogens with zero attached hydrogens (tertiary/aromatic N) is 2. The summed E-state index contributed by atoms with van der Waals surface area (Å²) in [5, 5.41) is 8.23. The van der Waals surface area contributed by atoms with Gasteiger partial charge < -0.3 is 9.15 Å². The highest BCUT2D eigenvalue weighted by atomic mass is 32.2. The van der Waals surface area contributed by atoms with E-state index in [0.717, 1.165) is 18.1 Å². The topological polar surface area (TPSA) is 48.2 Å². The van der Waals surface area contributed by atoms with Gasteiger partial charge in [-0.3, -0.25) is 0 Å². The normalized spacial score (nSPS) is 18.8. The van der Waals surface area contributed by atoms with Crippen molar-refractivity contribution in [1.29, 1.82) is 0 Å². The fourth-order valence-corrected chi connectivity index (χ4v) is 3.34. The second-order valence-corrected chi connectivity index (χ2v) is 6.29. The molecular formula is C16H20N2O2S. The second kappa shape index (κ2) is 7.61. The summed E-state index contributed by atoms with van der Waals surface area (Å²) in [7, 11) is 0. The molecule has 21 heavy (non-hydrogen) atoms.